The Bertz CT molecular complexity index is 402. The molecule has 0 radical (unpaired) electrons. The van der Waals surface area contributed by atoms with Crippen LogP contribution in [-0.2, 0) is 5.41 Å². The van der Waals surface area contributed by atoms with Crippen LogP contribution in [-0.4, -0.2) is 44.2 Å². The second-order valence-corrected chi connectivity index (χ2v) is 6.22. The summed E-state index contributed by atoms with van der Waals surface area (Å²) in [4.78, 5) is 2.45. The number of halogens is 2. The lowest BCUT2D eigenvalue weighted by Gasteiger charge is -2.27. The maximum atomic E-state index is 5.88. The first-order valence-corrected chi connectivity index (χ1v) is 7.22. The molecular formula is C16H28Cl2N2O. The Morgan fingerprint density at radius 2 is 1.81 bits per heavy atom. The molecule has 1 fully saturated rings. The van der Waals surface area contributed by atoms with Gasteiger partial charge >= 0.3 is 0 Å². The Kier molecular flexibility index (Phi) is 9.30. The van der Waals surface area contributed by atoms with Crippen LogP contribution in [0.15, 0.2) is 24.3 Å². The Morgan fingerprint density at radius 3 is 2.43 bits per heavy atom. The maximum Gasteiger partial charge on any atom is 0.119 e. The van der Waals surface area contributed by atoms with Gasteiger partial charge in [0.15, 0.2) is 0 Å². The Hall–Kier alpha value is -0.480. The predicted octanol–water partition coefficient (Wildman–Crippen LogP) is 3.11. The molecule has 0 saturated carbocycles. The van der Waals surface area contributed by atoms with E-state index in [1.54, 1.807) is 0 Å². The van der Waals surface area contributed by atoms with E-state index >= 15 is 0 Å². The standard InChI is InChI=1S/C16H26N2O.2ClH/c1-16(2,3)14-5-4-6-15(13-14)19-12-11-18-9-7-17-8-10-18;;/h4-6,13,17H,7-12H2,1-3H3;2*1H. The van der Waals surface area contributed by atoms with Crippen LogP contribution in [0.1, 0.15) is 26.3 Å². The molecule has 2 rings (SSSR count). The van der Waals surface area contributed by atoms with Gasteiger partial charge in [-0.15, -0.1) is 24.8 Å². The summed E-state index contributed by atoms with van der Waals surface area (Å²) in [6.45, 7) is 12.9. The van der Waals surface area contributed by atoms with Gasteiger partial charge in [-0.3, -0.25) is 4.90 Å². The zero-order chi connectivity index (χ0) is 13.7. The van der Waals surface area contributed by atoms with Gasteiger partial charge in [-0.05, 0) is 23.1 Å². The first kappa shape index (κ1) is 20.5. The molecule has 122 valence electrons. The van der Waals surface area contributed by atoms with Gasteiger partial charge in [0.05, 0.1) is 0 Å². The van der Waals surface area contributed by atoms with Crippen molar-refractivity contribution in [1.29, 1.82) is 0 Å². The third-order valence-corrected chi connectivity index (χ3v) is 3.59. The van der Waals surface area contributed by atoms with Crippen LogP contribution in [0.5, 0.6) is 5.75 Å². The summed E-state index contributed by atoms with van der Waals surface area (Å²) >= 11 is 0. The normalized spacial score (nSPS) is 15.8. The van der Waals surface area contributed by atoms with Gasteiger partial charge in [0.25, 0.3) is 0 Å². The average Bonchev–Trinajstić information content (AvgIpc) is 2.39. The number of hydrogen-bond acceptors (Lipinski definition) is 3. The monoisotopic (exact) mass is 334 g/mol. The number of nitrogens with one attached hydrogen (secondary N) is 1. The van der Waals surface area contributed by atoms with E-state index in [0.29, 0.717) is 0 Å². The molecule has 1 aromatic rings. The van der Waals surface area contributed by atoms with E-state index in [4.69, 9.17) is 4.74 Å². The summed E-state index contributed by atoms with van der Waals surface area (Å²) in [5.41, 5.74) is 1.50. The summed E-state index contributed by atoms with van der Waals surface area (Å²) in [6, 6.07) is 8.47. The number of piperazine rings is 1. The van der Waals surface area contributed by atoms with Crippen molar-refractivity contribution in [1.82, 2.24) is 10.2 Å². The highest BCUT2D eigenvalue weighted by Gasteiger charge is 2.14. The van der Waals surface area contributed by atoms with Crippen molar-refractivity contribution in [2.24, 2.45) is 0 Å². The quantitative estimate of drug-likeness (QED) is 0.915. The van der Waals surface area contributed by atoms with Crippen molar-refractivity contribution < 1.29 is 4.74 Å². The van der Waals surface area contributed by atoms with E-state index in [0.717, 1.165) is 45.1 Å². The van der Waals surface area contributed by atoms with E-state index < -0.39 is 0 Å². The molecule has 3 nitrogen and oxygen atoms in total. The molecule has 0 bridgehead atoms. The summed E-state index contributed by atoms with van der Waals surface area (Å²) in [6.07, 6.45) is 0. The minimum Gasteiger partial charge on any atom is -0.492 e. The smallest absolute Gasteiger partial charge is 0.119 e. The maximum absolute atomic E-state index is 5.88. The largest absolute Gasteiger partial charge is 0.492 e. The molecule has 1 aliphatic heterocycles. The molecule has 1 heterocycles. The summed E-state index contributed by atoms with van der Waals surface area (Å²) in [7, 11) is 0. The molecule has 0 spiro atoms. The molecule has 0 aliphatic carbocycles. The van der Waals surface area contributed by atoms with Crippen LogP contribution in [0, 0.1) is 0 Å². The first-order valence-electron chi connectivity index (χ1n) is 7.22. The minimum atomic E-state index is 0. The highest BCUT2D eigenvalue weighted by atomic mass is 35.5. The van der Waals surface area contributed by atoms with Gasteiger partial charge in [0.1, 0.15) is 12.4 Å². The highest BCUT2D eigenvalue weighted by Crippen LogP contribution is 2.25. The van der Waals surface area contributed by atoms with E-state index in [1.807, 2.05) is 6.07 Å². The molecule has 1 saturated heterocycles. The zero-order valence-corrected chi connectivity index (χ0v) is 14.9. The van der Waals surface area contributed by atoms with Gasteiger partial charge in [-0.2, -0.15) is 0 Å². The van der Waals surface area contributed by atoms with Crippen LogP contribution >= 0.6 is 24.8 Å². The van der Waals surface area contributed by atoms with E-state index in [1.165, 1.54) is 5.56 Å². The molecule has 21 heavy (non-hydrogen) atoms. The predicted molar refractivity (Wildman–Crippen MR) is 94.4 cm³/mol. The van der Waals surface area contributed by atoms with Crippen LogP contribution in [0.4, 0.5) is 0 Å². The van der Waals surface area contributed by atoms with Gasteiger partial charge < -0.3 is 10.1 Å². The lowest BCUT2D eigenvalue weighted by Crippen LogP contribution is -2.44. The van der Waals surface area contributed by atoms with Gasteiger partial charge in [0, 0.05) is 32.7 Å². The number of nitrogens with zero attached hydrogens (tertiary/aromatic N) is 1. The van der Waals surface area contributed by atoms with Gasteiger partial charge in [0.2, 0.25) is 0 Å². The third kappa shape index (κ3) is 6.88. The lowest BCUT2D eigenvalue weighted by atomic mass is 9.87. The summed E-state index contributed by atoms with van der Waals surface area (Å²) in [5, 5.41) is 3.36. The molecule has 1 aliphatic rings. The third-order valence-electron chi connectivity index (χ3n) is 3.59. The molecule has 0 atom stereocenters. The molecule has 1 aromatic carbocycles. The van der Waals surface area contributed by atoms with Crippen LogP contribution in [0.3, 0.4) is 0 Å². The van der Waals surface area contributed by atoms with Gasteiger partial charge in [-0.1, -0.05) is 32.9 Å². The molecule has 1 N–H and O–H groups in total. The Balaban J connectivity index is 0.00000200. The Labute approximate surface area is 141 Å². The SMILES string of the molecule is CC(C)(C)c1cccc(OCCN2CCNCC2)c1.Cl.Cl. The number of hydrogen-bond donors (Lipinski definition) is 1. The fourth-order valence-electron chi connectivity index (χ4n) is 2.28. The van der Waals surface area contributed by atoms with Crippen molar-refractivity contribution in [3.05, 3.63) is 29.8 Å². The van der Waals surface area contributed by atoms with Crippen LogP contribution in [0.2, 0.25) is 0 Å². The van der Waals surface area contributed by atoms with Crippen molar-refractivity contribution in [3.8, 4) is 5.75 Å². The molecular weight excluding hydrogens is 307 g/mol. The number of ether oxygens (including phenoxy) is 1. The molecule has 0 unspecified atom stereocenters. The topological polar surface area (TPSA) is 24.5 Å². The second kappa shape index (κ2) is 9.52. The second-order valence-electron chi connectivity index (χ2n) is 6.22. The molecule has 0 aromatic heterocycles. The van der Waals surface area contributed by atoms with E-state index in [2.05, 4.69) is 49.2 Å². The molecule has 0 amide bonds. The van der Waals surface area contributed by atoms with Crippen molar-refractivity contribution in [2.45, 2.75) is 26.2 Å². The fourth-order valence-corrected chi connectivity index (χ4v) is 2.28. The number of benzene rings is 1. The first-order chi connectivity index (χ1) is 9.05. The number of rotatable bonds is 4. The molecule has 5 heteroatoms. The van der Waals surface area contributed by atoms with Crippen LogP contribution in [0.25, 0.3) is 0 Å². The lowest BCUT2D eigenvalue weighted by molar-refractivity contribution is 0.191. The van der Waals surface area contributed by atoms with Crippen molar-refractivity contribution in [3.63, 3.8) is 0 Å². The fraction of sp³-hybridized carbons (Fsp3) is 0.625. The zero-order valence-electron chi connectivity index (χ0n) is 13.2. The van der Waals surface area contributed by atoms with Crippen molar-refractivity contribution >= 4 is 24.8 Å². The van der Waals surface area contributed by atoms with E-state index in [9.17, 15) is 0 Å². The van der Waals surface area contributed by atoms with E-state index in [-0.39, 0.29) is 30.2 Å². The summed E-state index contributed by atoms with van der Waals surface area (Å²) in [5.74, 6) is 0.988. The average molecular weight is 335 g/mol. The van der Waals surface area contributed by atoms with Gasteiger partial charge in [-0.25, -0.2) is 0 Å². The summed E-state index contributed by atoms with van der Waals surface area (Å²) < 4.78 is 5.88. The van der Waals surface area contributed by atoms with Crippen molar-refractivity contribution in [2.75, 3.05) is 39.3 Å². The minimum absolute atomic E-state index is 0. The highest BCUT2D eigenvalue weighted by molar-refractivity contribution is 5.85. The Morgan fingerprint density at radius 1 is 1.14 bits per heavy atom. The van der Waals surface area contributed by atoms with Crippen LogP contribution < -0.4 is 10.1 Å².